The topological polar surface area (TPSA) is 54.3 Å². The maximum Gasteiger partial charge on any atom is 0.253 e. The molecule has 0 atom stereocenters. The minimum atomic E-state index is 0.0878. The molecule has 3 aromatic rings. The van der Waals surface area contributed by atoms with Gasteiger partial charge in [-0.2, -0.15) is 5.10 Å². The smallest absolute Gasteiger partial charge is 0.253 e. The normalized spacial score (nSPS) is 14.4. The lowest BCUT2D eigenvalue weighted by molar-refractivity contribution is 0.0747. The van der Waals surface area contributed by atoms with Crippen LogP contribution in [0.4, 0.5) is 5.69 Å². The van der Waals surface area contributed by atoms with Crippen LogP contribution in [0.2, 0.25) is 0 Å². The molecular formula is C21H22BrN5O. The number of hydrogen-bond acceptors (Lipinski definition) is 4. The standard InChI is InChI=1S/C21H22BrN5O/c1-15-20(16(2)27(24-15)19-5-3-4-10-23-19)25-11-13-26(14-12-25)21(28)17-6-8-18(22)9-7-17/h3-10H,11-14H2,1-2H3. The molecule has 0 aliphatic carbocycles. The van der Waals surface area contributed by atoms with Gasteiger partial charge in [-0.05, 0) is 50.2 Å². The predicted molar refractivity (Wildman–Crippen MR) is 113 cm³/mol. The first-order valence-electron chi connectivity index (χ1n) is 9.32. The summed E-state index contributed by atoms with van der Waals surface area (Å²) in [5.74, 6) is 0.906. The average molecular weight is 440 g/mol. The largest absolute Gasteiger partial charge is 0.365 e. The summed E-state index contributed by atoms with van der Waals surface area (Å²) in [5.41, 5.74) is 3.92. The van der Waals surface area contributed by atoms with E-state index in [0.717, 1.165) is 46.0 Å². The number of piperazine rings is 1. The van der Waals surface area contributed by atoms with Gasteiger partial charge in [-0.1, -0.05) is 22.0 Å². The van der Waals surface area contributed by atoms with Gasteiger partial charge in [0.25, 0.3) is 5.91 Å². The molecule has 7 heteroatoms. The lowest BCUT2D eigenvalue weighted by atomic mass is 10.1. The van der Waals surface area contributed by atoms with Crippen LogP contribution in [-0.2, 0) is 0 Å². The Labute approximate surface area is 172 Å². The van der Waals surface area contributed by atoms with Gasteiger partial charge in [0.1, 0.15) is 0 Å². The van der Waals surface area contributed by atoms with E-state index in [4.69, 9.17) is 5.10 Å². The highest BCUT2D eigenvalue weighted by Crippen LogP contribution is 2.27. The average Bonchev–Trinajstić information content (AvgIpc) is 3.03. The van der Waals surface area contributed by atoms with Crippen LogP contribution in [0.3, 0.4) is 0 Å². The van der Waals surface area contributed by atoms with Gasteiger partial charge in [-0.3, -0.25) is 4.79 Å². The van der Waals surface area contributed by atoms with Crippen LogP contribution in [0.1, 0.15) is 21.7 Å². The Morgan fingerprint density at radius 2 is 1.71 bits per heavy atom. The molecule has 3 heterocycles. The second-order valence-electron chi connectivity index (χ2n) is 6.91. The fourth-order valence-corrected chi connectivity index (χ4v) is 3.97. The lowest BCUT2D eigenvalue weighted by Crippen LogP contribution is -2.49. The molecule has 4 rings (SSSR count). The third-order valence-corrected chi connectivity index (χ3v) is 5.62. The summed E-state index contributed by atoms with van der Waals surface area (Å²) < 4.78 is 2.87. The molecule has 144 valence electrons. The first-order valence-corrected chi connectivity index (χ1v) is 10.1. The van der Waals surface area contributed by atoms with Crippen LogP contribution in [-0.4, -0.2) is 51.8 Å². The minimum absolute atomic E-state index is 0.0878. The number of rotatable bonds is 3. The molecule has 1 aromatic carbocycles. The number of aryl methyl sites for hydroxylation is 1. The van der Waals surface area contributed by atoms with Crippen molar-refractivity contribution < 1.29 is 4.79 Å². The van der Waals surface area contributed by atoms with Gasteiger partial charge in [0.2, 0.25) is 0 Å². The van der Waals surface area contributed by atoms with Crippen molar-refractivity contribution in [2.75, 3.05) is 31.1 Å². The van der Waals surface area contributed by atoms with Crippen molar-refractivity contribution in [3.8, 4) is 5.82 Å². The fraction of sp³-hybridized carbons (Fsp3) is 0.286. The molecule has 1 aliphatic rings. The van der Waals surface area contributed by atoms with Crippen molar-refractivity contribution >= 4 is 27.5 Å². The molecule has 28 heavy (non-hydrogen) atoms. The number of benzene rings is 1. The molecule has 1 fully saturated rings. The SMILES string of the molecule is Cc1nn(-c2ccccn2)c(C)c1N1CCN(C(=O)c2ccc(Br)cc2)CC1. The van der Waals surface area contributed by atoms with E-state index in [2.05, 4.69) is 32.7 Å². The number of anilines is 1. The van der Waals surface area contributed by atoms with E-state index in [9.17, 15) is 4.79 Å². The van der Waals surface area contributed by atoms with Crippen molar-refractivity contribution in [2.45, 2.75) is 13.8 Å². The molecule has 6 nitrogen and oxygen atoms in total. The third-order valence-electron chi connectivity index (χ3n) is 5.09. The van der Waals surface area contributed by atoms with E-state index in [1.165, 1.54) is 0 Å². The van der Waals surface area contributed by atoms with E-state index < -0.39 is 0 Å². The highest BCUT2D eigenvalue weighted by atomic mass is 79.9. The van der Waals surface area contributed by atoms with Crippen molar-refractivity contribution in [1.29, 1.82) is 0 Å². The highest BCUT2D eigenvalue weighted by Gasteiger charge is 2.26. The summed E-state index contributed by atoms with van der Waals surface area (Å²) in [5, 5.41) is 4.69. The molecule has 1 amide bonds. The summed E-state index contributed by atoms with van der Waals surface area (Å²) in [7, 11) is 0. The molecule has 0 radical (unpaired) electrons. The Bertz CT molecular complexity index is 976. The van der Waals surface area contributed by atoms with Crippen LogP contribution in [0, 0.1) is 13.8 Å². The van der Waals surface area contributed by atoms with Crippen molar-refractivity contribution in [3.63, 3.8) is 0 Å². The van der Waals surface area contributed by atoms with Crippen LogP contribution < -0.4 is 4.90 Å². The maximum atomic E-state index is 12.7. The molecule has 0 unspecified atom stereocenters. The Balaban J connectivity index is 1.49. The van der Waals surface area contributed by atoms with Crippen molar-refractivity contribution in [1.82, 2.24) is 19.7 Å². The summed E-state index contributed by atoms with van der Waals surface area (Å²) in [6.45, 7) is 7.07. The number of pyridine rings is 1. The molecule has 1 saturated heterocycles. The number of amides is 1. The van der Waals surface area contributed by atoms with Crippen LogP contribution in [0.15, 0.2) is 53.1 Å². The monoisotopic (exact) mass is 439 g/mol. The van der Waals surface area contributed by atoms with Gasteiger partial charge in [0.15, 0.2) is 5.82 Å². The van der Waals surface area contributed by atoms with Gasteiger partial charge >= 0.3 is 0 Å². The zero-order chi connectivity index (χ0) is 19.7. The number of hydrogen-bond donors (Lipinski definition) is 0. The number of halogens is 1. The van der Waals surface area contributed by atoms with Gasteiger partial charge < -0.3 is 9.80 Å². The predicted octanol–water partition coefficient (Wildman–Crippen LogP) is 3.61. The Morgan fingerprint density at radius 1 is 1.00 bits per heavy atom. The molecule has 0 N–H and O–H groups in total. The second kappa shape index (κ2) is 7.75. The summed E-state index contributed by atoms with van der Waals surface area (Å²) in [6, 6.07) is 13.4. The number of carbonyl (C=O) groups excluding carboxylic acids is 1. The minimum Gasteiger partial charge on any atom is -0.365 e. The zero-order valence-corrected chi connectivity index (χ0v) is 17.6. The van der Waals surface area contributed by atoms with Crippen LogP contribution in [0.25, 0.3) is 5.82 Å². The molecule has 0 spiro atoms. The van der Waals surface area contributed by atoms with Gasteiger partial charge in [0, 0.05) is 42.4 Å². The van der Waals surface area contributed by atoms with Gasteiger partial charge in [-0.25, -0.2) is 9.67 Å². The Morgan fingerprint density at radius 3 is 2.36 bits per heavy atom. The quantitative estimate of drug-likeness (QED) is 0.625. The van der Waals surface area contributed by atoms with Crippen LogP contribution >= 0.6 is 15.9 Å². The lowest BCUT2D eigenvalue weighted by Gasteiger charge is -2.36. The van der Waals surface area contributed by atoms with E-state index >= 15 is 0 Å². The molecular weight excluding hydrogens is 418 g/mol. The van der Waals surface area contributed by atoms with E-state index in [1.807, 2.05) is 59.0 Å². The Kier molecular flexibility index (Phi) is 5.17. The third kappa shape index (κ3) is 3.54. The second-order valence-corrected chi connectivity index (χ2v) is 7.82. The van der Waals surface area contributed by atoms with Crippen molar-refractivity contribution in [3.05, 3.63) is 70.1 Å². The van der Waals surface area contributed by atoms with E-state index in [1.54, 1.807) is 6.20 Å². The number of aromatic nitrogens is 3. The fourth-order valence-electron chi connectivity index (χ4n) is 3.70. The number of carbonyl (C=O) groups is 1. The molecule has 0 bridgehead atoms. The zero-order valence-electron chi connectivity index (χ0n) is 16.0. The molecule has 0 saturated carbocycles. The first-order chi connectivity index (χ1) is 13.5. The summed E-state index contributed by atoms with van der Waals surface area (Å²) in [4.78, 5) is 21.4. The van der Waals surface area contributed by atoms with Crippen LogP contribution in [0.5, 0.6) is 0 Å². The van der Waals surface area contributed by atoms with Gasteiger partial charge in [0.05, 0.1) is 17.1 Å². The maximum absolute atomic E-state index is 12.7. The highest BCUT2D eigenvalue weighted by molar-refractivity contribution is 9.10. The summed E-state index contributed by atoms with van der Waals surface area (Å²) >= 11 is 3.41. The van der Waals surface area contributed by atoms with E-state index in [-0.39, 0.29) is 5.91 Å². The molecule has 1 aliphatic heterocycles. The number of nitrogens with zero attached hydrogens (tertiary/aromatic N) is 5. The van der Waals surface area contributed by atoms with E-state index in [0.29, 0.717) is 13.1 Å². The molecule has 2 aromatic heterocycles. The Hall–Kier alpha value is -2.67. The van der Waals surface area contributed by atoms with Crippen molar-refractivity contribution in [2.24, 2.45) is 0 Å². The summed E-state index contributed by atoms with van der Waals surface area (Å²) in [6.07, 6.45) is 1.78. The van der Waals surface area contributed by atoms with Gasteiger partial charge in [-0.15, -0.1) is 0 Å². The first kappa shape index (κ1) is 18.7.